The van der Waals surface area contributed by atoms with Gasteiger partial charge >= 0.3 is 0 Å². The van der Waals surface area contributed by atoms with E-state index in [1.807, 2.05) is 25.1 Å². The van der Waals surface area contributed by atoms with Crippen molar-refractivity contribution in [2.24, 2.45) is 0 Å². The summed E-state index contributed by atoms with van der Waals surface area (Å²) in [6.45, 7) is 2.38. The Morgan fingerprint density at radius 2 is 1.95 bits per heavy atom. The number of rotatable bonds is 3. The van der Waals surface area contributed by atoms with Crippen LogP contribution in [0, 0.1) is 6.92 Å². The fourth-order valence-electron chi connectivity index (χ4n) is 2.61. The zero-order valence-electron chi connectivity index (χ0n) is 11.6. The zero-order valence-corrected chi connectivity index (χ0v) is 14.0. The maximum atomic E-state index is 12.9. The van der Waals surface area contributed by atoms with Crippen LogP contribution >= 0.6 is 15.9 Å². The topological polar surface area (TPSA) is 50.5 Å². The van der Waals surface area contributed by atoms with E-state index in [0.29, 0.717) is 23.6 Å². The van der Waals surface area contributed by atoms with Crippen LogP contribution < -0.4 is 0 Å². The number of hydrogen-bond donors (Lipinski definition) is 0. The maximum absolute atomic E-state index is 12.9. The molecule has 1 saturated heterocycles. The number of halogens is 1. The monoisotopic (exact) mass is 369 g/mol. The molecule has 0 spiro atoms. The van der Waals surface area contributed by atoms with Crippen molar-refractivity contribution in [3.8, 4) is 0 Å². The molecule has 3 rings (SSSR count). The smallest absolute Gasteiger partial charge is 0.243 e. The lowest BCUT2D eigenvalue weighted by atomic mass is 10.2. The quantitative estimate of drug-likeness (QED) is 0.778. The van der Waals surface area contributed by atoms with Crippen LogP contribution in [0.15, 0.2) is 52.0 Å². The minimum Gasteiger partial charge on any atom is -0.468 e. The molecule has 1 aromatic heterocycles. The summed E-state index contributed by atoms with van der Waals surface area (Å²) < 4.78 is 32.7. The second-order valence-corrected chi connectivity index (χ2v) is 8.44. The highest BCUT2D eigenvalue weighted by Crippen LogP contribution is 2.39. The molecule has 2 aromatic rings. The number of sulfonamides is 1. The Labute approximate surface area is 132 Å². The van der Waals surface area contributed by atoms with Gasteiger partial charge in [0.05, 0.1) is 17.2 Å². The van der Waals surface area contributed by atoms with E-state index >= 15 is 0 Å². The van der Waals surface area contributed by atoms with Gasteiger partial charge in [-0.3, -0.25) is 0 Å². The zero-order chi connectivity index (χ0) is 15.0. The first-order valence-corrected chi connectivity index (χ1v) is 9.10. The molecule has 0 bridgehead atoms. The Bertz CT molecular complexity index is 710. The molecule has 21 heavy (non-hydrogen) atoms. The number of hydrogen-bond acceptors (Lipinski definition) is 3. The van der Waals surface area contributed by atoms with E-state index < -0.39 is 10.0 Å². The number of alkyl halides is 1. The van der Waals surface area contributed by atoms with Crippen LogP contribution in [0.3, 0.4) is 0 Å². The highest BCUT2D eigenvalue weighted by atomic mass is 79.9. The molecule has 1 aliphatic heterocycles. The summed E-state index contributed by atoms with van der Waals surface area (Å²) >= 11 is 3.53. The fourth-order valence-corrected chi connectivity index (χ4v) is 5.12. The van der Waals surface area contributed by atoms with Crippen molar-refractivity contribution in [3.05, 3.63) is 54.0 Å². The summed E-state index contributed by atoms with van der Waals surface area (Å²) in [4.78, 5) is 0.457. The molecule has 2 heterocycles. The lowest BCUT2D eigenvalue weighted by Crippen LogP contribution is -2.31. The standard InChI is InChI=1S/C15H16BrNO3S/c1-11-4-6-13(7-5-11)21(18,19)17-10-12(16)9-14(17)15-3-2-8-20-15/h2-8,12,14H,9-10H2,1H3. The van der Waals surface area contributed by atoms with Crippen molar-refractivity contribution >= 4 is 26.0 Å². The highest BCUT2D eigenvalue weighted by Gasteiger charge is 2.41. The van der Waals surface area contributed by atoms with Gasteiger partial charge in [-0.25, -0.2) is 8.42 Å². The predicted molar refractivity (Wildman–Crippen MR) is 83.9 cm³/mol. The molecule has 0 aliphatic carbocycles. The van der Waals surface area contributed by atoms with E-state index in [0.717, 1.165) is 5.56 Å². The molecular weight excluding hydrogens is 354 g/mol. The molecule has 2 atom stereocenters. The molecule has 0 N–H and O–H groups in total. The number of nitrogens with zero attached hydrogens (tertiary/aromatic N) is 1. The first-order valence-electron chi connectivity index (χ1n) is 6.74. The van der Waals surface area contributed by atoms with E-state index in [9.17, 15) is 8.42 Å². The van der Waals surface area contributed by atoms with Crippen LogP contribution in [0.25, 0.3) is 0 Å². The lowest BCUT2D eigenvalue weighted by Gasteiger charge is -2.22. The average molecular weight is 370 g/mol. The third kappa shape index (κ3) is 2.80. The molecule has 4 nitrogen and oxygen atoms in total. The Balaban J connectivity index is 1.98. The molecule has 1 aliphatic rings. The fraction of sp³-hybridized carbons (Fsp3) is 0.333. The third-order valence-corrected chi connectivity index (χ3v) is 6.26. The minimum atomic E-state index is -3.52. The Morgan fingerprint density at radius 3 is 2.57 bits per heavy atom. The molecule has 0 radical (unpaired) electrons. The van der Waals surface area contributed by atoms with Crippen LogP contribution in [0.5, 0.6) is 0 Å². The van der Waals surface area contributed by atoms with Gasteiger partial charge < -0.3 is 4.42 Å². The van der Waals surface area contributed by atoms with Gasteiger partial charge in [0.1, 0.15) is 5.76 Å². The first-order chi connectivity index (χ1) is 9.98. The van der Waals surface area contributed by atoms with Crippen LogP contribution in [-0.4, -0.2) is 24.1 Å². The van der Waals surface area contributed by atoms with E-state index in [-0.39, 0.29) is 10.9 Å². The molecule has 1 fully saturated rings. The lowest BCUT2D eigenvalue weighted by molar-refractivity contribution is 0.340. The molecule has 0 amide bonds. The predicted octanol–water partition coefficient (Wildman–Crippen LogP) is 3.49. The van der Waals surface area contributed by atoms with Crippen molar-refractivity contribution in [2.75, 3.05) is 6.54 Å². The largest absolute Gasteiger partial charge is 0.468 e. The van der Waals surface area contributed by atoms with Crippen molar-refractivity contribution in [1.82, 2.24) is 4.31 Å². The van der Waals surface area contributed by atoms with Gasteiger partial charge in [-0.05, 0) is 37.6 Å². The van der Waals surface area contributed by atoms with Gasteiger partial charge in [-0.2, -0.15) is 4.31 Å². The Kier molecular flexibility index (Phi) is 3.94. The van der Waals surface area contributed by atoms with Crippen molar-refractivity contribution in [2.45, 2.75) is 29.1 Å². The van der Waals surface area contributed by atoms with E-state index in [2.05, 4.69) is 15.9 Å². The third-order valence-electron chi connectivity index (χ3n) is 3.70. The van der Waals surface area contributed by atoms with Gasteiger partial charge in [-0.15, -0.1) is 0 Å². The summed E-state index contributed by atoms with van der Waals surface area (Å²) in [6, 6.07) is 10.3. The average Bonchev–Trinajstić information content (AvgIpc) is 3.08. The highest BCUT2D eigenvalue weighted by molar-refractivity contribution is 9.09. The minimum absolute atomic E-state index is 0.132. The summed E-state index contributed by atoms with van der Waals surface area (Å²) in [7, 11) is -3.52. The van der Waals surface area contributed by atoms with E-state index in [1.165, 1.54) is 4.31 Å². The SMILES string of the molecule is Cc1ccc(S(=O)(=O)N2CC(Br)CC2c2ccco2)cc1. The molecule has 1 aromatic carbocycles. The Hall–Kier alpha value is -1.11. The van der Waals surface area contributed by atoms with E-state index in [4.69, 9.17) is 4.42 Å². The van der Waals surface area contributed by atoms with Gasteiger partial charge in [0, 0.05) is 11.4 Å². The van der Waals surface area contributed by atoms with Gasteiger partial charge in [0.25, 0.3) is 0 Å². The van der Waals surface area contributed by atoms with E-state index in [1.54, 1.807) is 24.5 Å². The van der Waals surface area contributed by atoms with Crippen molar-refractivity contribution in [1.29, 1.82) is 0 Å². The number of furan rings is 1. The van der Waals surface area contributed by atoms with Crippen molar-refractivity contribution in [3.63, 3.8) is 0 Å². The first kappa shape index (κ1) is 14.8. The van der Waals surface area contributed by atoms with Gasteiger partial charge in [0.15, 0.2) is 0 Å². The summed E-state index contributed by atoms with van der Waals surface area (Å²) in [5, 5.41) is 0. The normalized spacial score (nSPS) is 23.5. The maximum Gasteiger partial charge on any atom is 0.243 e. The van der Waals surface area contributed by atoms with Gasteiger partial charge in [-0.1, -0.05) is 33.6 Å². The summed E-state index contributed by atoms with van der Waals surface area (Å²) in [5.41, 5.74) is 1.04. The van der Waals surface area contributed by atoms with Crippen LogP contribution in [0.4, 0.5) is 0 Å². The second-order valence-electron chi connectivity index (χ2n) is 5.25. The van der Waals surface area contributed by atoms with Crippen LogP contribution in [0.1, 0.15) is 23.8 Å². The van der Waals surface area contributed by atoms with Gasteiger partial charge in [0.2, 0.25) is 10.0 Å². The second kappa shape index (κ2) is 5.59. The van der Waals surface area contributed by atoms with Crippen molar-refractivity contribution < 1.29 is 12.8 Å². The van der Waals surface area contributed by atoms with Crippen LogP contribution in [0.2, 0.25) is 0 Å². The summed E-state index contributed by atoms with van der Waals surface area (Å²) in [6.07, 6.45) is 2.28. The molecular formula is C15H16BrNO3S. The summed E-state index contributed by atoms with van der Waals surface area (Å²) in [5.74, 6) is 0.688. The molecule has 6 heteroatoms. The number of aryl methyl sites for hydroxylation is 1. The molecule has 0 saturated carbocycles. The molecule has 112 valence electrons. The molecule has 2 unspecified atom stereocenters. The van der Waals surface area contributed by atoms with Crippen LogP contribution in [-0.2, 0) is 10.0 Å². The number of benzene rings is 1. The Morgan fingerprint density at radius 1 is 1.24 bits per heavy atom.